The number of thiazole rings is 1. The summed E-state index contributed by atoms with van der Waals surface area (Å²) in [5.41, 5.74) is 1.64. The van der Waals surface area contributed by atoms with E-state index in [0.29, 0.717) is 16.4 Å². The molecule has 0 fully saturated rings. The number of hydrogen-bond donors (Lipinski definition) is 1. The van der Waals surface area contributed by atoms with Crippen molar-refractivity contribution in [1.82, 2.24) is 4.98 Å². The van der Waals surface area contributed by atoms with Crippen molar-refractivity contribution in [3.05, 3.63) is 40.9 Å². The number of carbonyl (C=O) groups excluding carboxylic acids is 1. The highest BCUT2D eigenvalue weighted by atomic mass is 32.2. The lowest BCUT2D eigenvalue weighted by atomic mass is 10.0. The van der Waals surface area contributed by atoms with Gasteiger partial charge in [-0.1, -0.05) is 12.1 Å². The molecule has 0 radical (unpaired) electrons. The van der Waals surface area contributed by atoms with Gasteiger partial charge in [0.15, 0.2) is 15.0 Å². The maximum absolute atomic E-state index is 11.9. The first-order valence-corrected chi connectivity index (χ1v) is 9.12. The molecule has 2 aromatic rings. The molecule has 7 heteroatoms. The van der Waals surface area contributed by atoms with E-state index in [4.69, 9.17) is 0 Å². The number of anilines is 1. The number of nitrogens with zero attached hydrogens (tertiary/aromatic N) is 1. The summed E-state index contributed by atoms with van der Waals surface area (Å²) in [4.78, 5) is 16.3. The summed E-state index contributed by atoms with van der Waals surface area (Å²) in [7, 11) is -3.14. The van der Waals surface area contributed by atoms with Crippen LogP contribution in [0.3, 0.4) is 0 Å². The monoisotopic (exact) mass is 322 g/mol. The Morgan fingerprint density at radius 1 is 1.38 bits per heavy atom. The zero-order valence-electron chi connectivity index (χ0n) is 11.2. The number of sulfone groups is 1. The Morgan fingerprint density at radius 2 is 2.24 bits per heavy atom. The number of aromatic nitrogens is 1. The SMILES string of the molecule is O=C(Cc1ccc2c(c1)CCCS2(=O)=O)Nc1nccs1. The van der Waals surface area contributed by atoms with Crippen LogP contribution in [-0.2, 0) is 27.5 Å². The van der Waals surface area contributed by atoms with Gasteiger partial charge >= 0.3 is 0 Å². The van der Waals surface area contributed by atoms with E-state index in [1.165, 1.54) is 11.3 Å². The highest BCUT2D eigenvalue weighted by molar-refractivity contribution is 7.91. The molecule has 1 aliphatic heterocycles. The van der Waals surface area contributed by atoms with Crippen LogP contribution in [0.5, 0.6) is 0 Å². The third kappa shape index (κ3) is 3.14. The minimum absolute atomic E-state index is 0.149. The summed E-state index contributed by atoms with van der Waals surface area (Å²) in [6, 6.07) is 5.16. The predicted octanol–water partition coefficient (Wildman–Crippen LogP) is 2.04. The zero-order chi connectivity index (χ0) is 14.9. The summed E-state index contributed by atoms with van der Waals surface area (Å²) in [6.07, 6.45) is 3.23. The number of nitrogens with one attached hydrogen (secondary N) is 1. The van der Waals surface area contributed by atoms with E-state index in [2.05, 4.69) is 10.3 Å². The van der Waals surface area contributed by atoms with Crippen molar-refractivity contribution < 1.29 is 13.2 Å². The molecule has 1 aliphatic rings. The van der Waals surface area contributed by atoms with Crippen molar-refractivity contribution in [1.29, 1.82) is 0 Å². The number of aryl methyl sites for hydroxylation is 1. The van der Waals surface area contributed by atoms with Gasteiger partial charge < -0.3 is 5.32 Å². The van der Waals surface area contributed by atoms with Crippen LogP contribution in [0.25, 0.3) is 0 Å². The Morgan fingerprint density at radius 3 is 3.00 bits per heavy atom. The van der Waals surface area contributed by atoms with Gasteiger partial charge in [0, 0.05) is 11.6 Å². The van der Waals surface area contributed by atoms with Crippen LogP contribution in [0, 0.1) is 0 Å². The van der Waals surface area contributed by atoms with E-state index in [9.17, 15) is 13.2 Å². The number of carbonyl (C=O) groups is 1. The summed E-state index contributed by atoms with van der Waals surface area (Å²) in [6.45, 7) is 0. The molecule has 2 heterocycles. The fourth-order valence-electron chi connectivity index (χ4n) is 2.44. The average Bonchev–Trinajstić information content (AvgIpc) is 2.90. The quantitative estimate of drug-likeness (QED) is 0.938. The number of amides is 1. The first-order chi connectivity index (χ1) is 10.0. The Balaban J connectivity index is 1.77. The molecule has 110 valence electrons. The maximum Gasteiger partial charge on any atom is 0.230 e. The molecule has 0 saturated heterocycles. The standard InChI is InChI=1S/C14H14N2O3S2/c17-13(16-14-15-5-6-20-14)9-10-3-4-12-11(8-10)2-1-7-21(12,18)19/h3-6,8H,1-2,7,9H2,(H,15,16,17). The minimum atomic E-state index is -3.14. The molecule has 0 atom stereocenters. The molecule has 1 aromatic heterocycles. The van der Waals surface area contributed by atoms with E-state index in [1.54, 1.807) is 23.7 Å². The fraction of sp³-hybridized carbons (Fsp3) is 0.286. The normalized spacial score (nSPS) is 16.2. The van der Waals surface area contributed by atoms with Gasteiger partial charge in [-0.3, -0.25) is 4.79 Å². The summed E-state index contributed by atoms with van der Waals surface area (Å²) >= 11 is 1.36. The molecular weight excluding hydrogens is 308 g/mol. The van der Waals surface area contributed by atoms with Crippen LogP contribution in [0.1, 0.15) is 17.5 Å². The lowest BCUT2D eigenvalue weighted by molar-refractivity contribution is -0.115. The average molecular weight is 322 g/mol. The number of rotatable bonds is 3. The van der Waals surface area contributed by atoms with Crippen LogP contribution in [-0.4, -0.2) is 25.1 Å². The van der Waals surface area contributed by atoms with Crippen LogP contribution < -0.4 is 5.32 Å². The van der Waals surface area contributed by atoms with Crippen molar-refractivity contribution in [3.63, 3.8) is 0 Å². The maximum atomic E-state index is 11.9. The first-order valence-electron chi connectivity index (χ1n) is 6.58. The second-order valence-electron chi connectivity index (χ2n) is 4.93. The smallest absolute Gasteiger partial charge is 0.230 e. The third-order valence-corrected chi connectivity index (χ3v) is 5.95. The molecule has 0 aliphatic carbocycles. The Labute approximate surface area is 127 Å². The molecule has 1 amide bonds. The van der Waals surface area contributed by atoms with Crippen molar-refractivity contribution in [2.24, 2.45) is 0 Å². The van der Waals surface area contributed by atoms with Crippen molar-refractivity contribution in [3.8, 4) is 0 Å². The van der Waals surface area contributed by atoms with Crippen molar-refractivity contribution >= 4 is 32.2 Å². The topological polar surface area (TPSA) is 76.1 Å². The van der Waals surface area contributed by atoms with Crippen LogP contribution in [0.2, 0.25) is 0 Å². The lowest BCUT2D eigenvalue weighted by Crippen LogP contribution is -2.18. The van der Waals surface area contributed by atoms with Crippen LogP contribution in [0.15, 0.2) is 34.7 Å². The van der Waals surface area contributed by atoms with Gasteiger partial charge in [-0.05, 0) is 30.0 Å². The largest absolute Gasteiger partial charge is 0.302 e. The zero-order valence-corrected chi connectivity index (χ0v) is 12.8. The van der Waals surface area contributed by atoms with Crippen molar-refractivity contribution in [2.75, 3.05) is 11.1 Å². The molecule has 0 unspecified atom stereocenters. The molecule has 0 spiro atoms. The molecule has 3 rings (SSSR count). The Hall–Kier alpha value is -1.73. The third-order valence-electron chi connectivity index (χ3n) is 3.36. The number of benzene rings is 1. The Kier molecular flexibility index (Phi) is 3.77. The molecule has 1 N–H and O–H groups in total. The van der Waals surface area contributed by atoms with Crippen molar-refractivity contribution in [2.45, 2.75) is 24.2 Å². The molecular formula is C14H14N2O3S2. The van der Waals surface area contributed by atoms with E-state index >= 15 is 0 Å². The van der Waals surface area contributed by atoms with Gasteiger partial charge in [0.25, 0.3) is 0 Å². The predicted molar refractivity (Wildman–Crippen MR) is 81.3 cm³/mol. The highest BCUT2D eigenvalue weighted by Crippen LogP contribution is 2.26. The van der Waals surface area contributed by atoms with Gasteiger partial charge in [0.2, 0.25) is 5.91 Å². The lowest BCUT2D eigenvalue weighted by Gasteiger charge is -2.17. The van der Waals surface area contributed by atoms with E-state index in [0.717, 1.165) is 17.5 Å². The van der Waals surface area contributed by atoms with Gasteiger partial charge in [-0.25, -0.2) is 13.4 Å². The second-order valence-corrected chi connectivity index (χ2v) is 7.90. The second kappa shape index (κ2) is 5.57. The molecule has 21 heavy (non-hydrogen) atoms. The summed E-state index contributed by atoms with van der Waals surface area (Å²) in [5.74, 6) is 0.0627. The summed E-state index contributed by atoms with van der Waals surface area (Å²) < 4.78 is 23.9. The molecule has 0 saturated carbocycles. The van der Waals surface area contributed by atoms with E-state index in [1.807, 2.05) is 6.07 Å². The number of fused-ring (bicyclic) bond motifs is 1. The molecule has 5 nitrogen and oxygen atoms in total. The van der Waals surface area contributed by atoms with Gasteiger partial charge in [0.1, 0.15) is 0 Å². The van der Waals surface area contributed by atoms with E-state index < -0.39 is 9.84 Å². The van der Waals surface area contributed by atoms with Gasteiger partial charge in [-0.15, -0.1) is 11.3 Å². The summed E-state index contributed by atoms with van der Waals surface area (Å²) in [5, 5.41) is 5.08. The minimum Gasteiger partial charge on any atom is -0.302 e. The van der Waals surface area contributed by atoms with Gasteiger partial charge in [-0.2, -0.15) is 0 Å². The Bertz CT molecular complexity index is 768. The van der Waals surface area contributed by atoms with Crippen LogP contribution >= 0.6 is 11.3 Å². The van der Waals surface area contributed by atoms with Crippen LogP contribution in [0.4, 0.5) is 5.13 Å². The number of hydrogen-bond acceptors (Lipinski definition) is 5. The first kappa shape index (κ1) is 14.2. The fourth-order valence-corrected chi connectivity index (χ4v) is 4.56. The molecule has 0 bridgehead atoms. The van der Waals surface area contributed by atoms with Gasteiger partial charge in [0.05, 0.1) is 17.1 Å². The van der Waals surface area contributed by atoms with E-state index in [-0.39, 0.29) is 18.1 Å². The molecule has 1 aromatic carbocycles. The highest BCUT2D eigenvalue weighted by Gasteiger charge is 2.23.